The molecule has 0 saturated heterocycles. The van der Waals surface area contributed by atoms with Crippen molar-refractivity contribution in [3.63, 3.8) is 0 Å². The van der Waals surface area contributed by atoms with Crippen LogP contribution in [-0.4, -0.2) is 45.7 Å². The van der Waals surface area contributed by atoms with Crippen LogP contribution >= 0.6 is 31.9 Å². The van der Waals surface area contributed by atoms with Crippen molar-refractivity contribution in [1.82, 2.24) is 0 Å². The Hall–Kier alpha value is -0.810. The smallest absolute Gasteiger partial charge is 0.299 e. The average molecular weight is 538 g/mol. The molecule has 2 rings (SSSR count). The molecule has 9 heteroatoms. The molecule has 2 atom stereocenters. The first-order valence-corrected chi connectivity index (χ1v) is 11.6. The summed E-state index contributed by atoms with van der Waals surface area (Å²) in [4.78, 5) is -0.0318. The molecule has 2 aromatic carbocycles. The maximum absolute atomic E-state index is 12.6. The number of hydrogen-bond acceptors (Lipinski definition) is 6. The Labute approximate surface area is 182 Å². The van der Waals surface area contributed by atoms with Crippen LogP contribution in [0.5, 0.6) is 0 Å². The molecule has 28 heavy (non-hydrogen) atoms. The van der Waals surface area contributed by atoms with Crippen LogP contribution in [0.15, 0.2) is 56.3 Å². The van der Waals surface area contributed by atoms with Crippen LogP contribution < -0.4 is 0 Å². The molecule has 0 radical (unpaired) electrons. The molecule has 2 unspecified atom stereocenters. The maximum atomic E-state index is 12.6. The SMILES string of the molecule is CCOCC(O)C(OCC)OS(=O)(=O)c1ccc(-c2cc(Br)ccc2Br)cc1. The molecular weight excluding hydrogens is 516 g/mol. The highest BCUT2D eigenvalue weighted by Crippen LogP contribution is 2.31. The Morgan fingerprint density at radius 1 is 1.04 bits per heavy atom. The Morgan fingerprint density at radius 2 is 1.71 bits per heavy atom. The summed E-state index contributed by atoms with van der Waals surface area (Å²) in [6.07, 6.45) is -2.58. The van der Waals surface area contributed by atoms with E-state index in [1.807, 2.05) is 18.2 Å². The minimum absolute atomic E-state index is 0.0318. The van der Waals surface area contributed by atoms with Gasteiger partial charge in [-0.25, -0.2) is 4.18 Å². The Bertz CT molecular complexity index is 870. The highest BCUT2D eigenvalue weighted by molar-refractivity contribution is 9.11. The largest absolute Gasteiger partial charge is 0.385 e. The first-order valence-electron chi connectivity index (χ1n) is 8.64. The zero-order valence-electron chi connectivity index (χ0n) is 15.5. The van der Waals surface area contributed by atoms with Crippen LogP contribution in [0.25, 0.3) is 11.1 Å². The molecule has 154 valence electrons. The van der Waals surface area contributed by atoms with Crippen molar-refractivity contribution in [3.05, 3.63) is 51.4 Å². The van der Waals surface area contributed by atoms with Gasteiger partial charge in [0.1, 0.15) is 6.10 Å². The lowest BCUT2D eigenvalue weighted by molar-refractivity contribution is -0.155. The highest BCUT2D eigenvalue weighted by Gasteiger charge is 2.28. The number of aliphatic hydroxyl groups excluding tert-OH is 1. The van der Waals surface area contributed by atoms with Crippen molar-refractivity contribution in [3.8, 4) is 11.1 Å². The summed E-state index contributed by atoms with van der Waals surface area (Å²) in [5.74, 6) is 0. The van der Waals surface area contributed by atoms with Crippen LogP contribution in [-0.2, 0) is 23.8 Å². The third kappa shape index (κ3) is 6.35. The first kappa shape index (κ1) is 23.5. The van der Waals surface area contributed by atoms with Gasteiger partial charge in [-0.1, -0.05) is 44.0 Å². The van der Waals surface area contributed by atoms with Gasteiger partial charge < -0.3 is 14.6 Å². The lowest BCUT2D eigenvalue weighted by Crippen LogP contribution is -2.37. The lowest BCUT2D eigenvalue weighted by atomic mass is 10.1. The summed E-state index contributed by atoms with van der Waals surface area (Å²) in [5.41, 5.74) is 1.75. The van der Waals surface area contributed by atoms with E-state index >= 15 is 0 Å². The van der Waals surface area contributed by atoms with Crippen molar-refractivity contribution >= 4 is 42.0 Å². The molecule has 0 aromatic heterocycles. The van der Waals surface area contributed by atoms with Crippen molar-refractivity contribution in [2.75, 3.05) is 19.8 Å². The molecule has 0 heterocycles. The number of rotatable bonds is 10. The second-order valence-corrected chi connectivity index (χ2v) is 9.09. The molecular formula is C19H22Br2O6S. The van der Waals surface area contributed by atoms with Gasteiger partial charge in [0.25, 0.3) is 10.1 Å². The monoisotopic (exact) mass is 536 g/mol. The van der Waals surface area contributed by atoms with Crippen molar-refractivity contribution in [2.24, 2.45) is 0 Å². The number of aliphatic hydroxyl groups is 1. The van der Waals surface area contributed by atoms with Gasteiger partial charge in [-0.2, -0.15) is 8.42 Å². The summed E-state index contributed by atoms with van der Waals surface area (Å²) in [5, 5.41) is 10.1. The third-order valence-corrected chi connectivity index (χ3v) is 6.22. The lowest BCUT2D eigenvalue weighted by Gasteiger charge is -2.22. The van der Waals surface area contributed by atoms with Gasteiger partial charge in [0.05, 0.1) is 11.5 Å². The summed E-state index contributed by atoms with van der Waals surface area (Å²) in [6, 6.07) is 12.0. The van der Waals surface area contributed by atoms with E-state index in [0.717, 1.165) is 20.1 Å². The van der Waals surface area contributed by atoms with Gasteiger partial charge in [0.15, 0.2) is 0 Å². The Kier molecular flexibility index (Phi) is 9.07. The van der Waals surface area contributed by atoms with E-state index in [2.05, 4.69) is 31.9 Å². The van der Waals surface area contributed by atoms with Crippen LogP contribution in [0.2, 0.25) is 0 Å². The predicted octanol–water partition coefficient (Wildman–Crippen LogP) is 4.34. The number of benzene rings is 2. The van der Waals surface area contributed by atoms with Gasteiger partial charge in [-0.05, 0) is 55.3 Å². The standard InChI is InChI=1S/C19H22Br2O6S/c1-3-25-12-18(22)19(26-4-2)27-28(23,24)15-8-5-13(6-9-15)16-11-14(20)7-10-17(16)21/h5-11,18-19,22H,3-4,12H2,1-2H3. The highest BCUT2D eigenvalue weighted by atomic mass is 79.9. The zero-order valence-corrected chi connectivity index (χ0v) is 19.5. The fourth-order valence-electron chi connectivity index (χ4n) is 2.38. The van der Waals surface area contributed by atoms with Gasteiger partial charge in [0, 0.05) is 22.2 Å². The zero-order chi connectivity index (χ0) is 20.7. The third-order valence-electron chi connectivity index (χ3n) is 3.74. The first-order chi connectivity index (χ1) is 13.3. The minimum atomic E-state index is -4.13. The minimum Gasteiger partial charge on any atom is -0.385 e. The van der Waals surface area contributed by atoms with Crippen molar-refractivity contribution in [1.29, 1.82) is 0 Å². The van der Waals surface area contributed by atoms with E-state index in [-0.39, 0.29) is 18.1 Å². The van der Waals surface area contributed by atoms with E-state index in [0.29, 0.717) is 6.61 Å². The molecule has 6 nitrogen and oxygen atoms in total. The molecule has 0 aliphatic heterocycles. The fourth-order valence-corrected chi connectivity index (χ4v) is 4.24. The topological polar surface area (TPSA) is 82.1 Å². The number of ether oxygens (including phenoxy) is 2. The summed E-state index contributed by atoms with van der Waals surface area (Å²) >= 11 is 6.92. The summed E-state index contributed by atoms with van der Waals surface area (Å²) in [7, 11) is -4.13. The van der Waals surface area contributed by atoms with E-state index < -0.39 is 22.5 Å². The molecule has 0 spiro atoms. The van der Waals surface area contributed by atoms with Crippen LogP contribution in [0.1, 0.15) is 13.8 Å². The van der Waals surface area contributed by atoms with Gasteiger partial charge in [-0.15, -0.1) is 0 Å². The molecule has 0 aliphatic rings. The molecule has 0 amide bonds. The van der Waals surface area contributed by atoms with Crippen LogP contribution in [0.4, 0.5) is 0 Å². The van der Waals surface area contributed by atoms with Gasteiger partial charge in [0.2, 0.25) is 6.29 Å². The van der Waals surface area contributed by atoms with Crippen LogP contribution in [0.3, 0.4) is 0 Å². The maximum Gasteiger partial charge on any atom is 0.299 e. The molecule has 1 N–H and O–H groups in total. The summed E-state index contributed by atoms with van der Waals surface area (Å²) in [6.45, 7) is 3.92. The average Bonchev–Trinajstić information content (AvgIpc) is 2.67. The molecule has 2 aromatic rings. The Balaban J connectivity index is 2.21. The second kappa shape index (κ2) is 10.8. The normalized spacial score (nSPS) is 14.0. The van der Waals surface area contributed by atoms with Gasteiger partial charge >= 0.3 is 0 Å². The van der Waals surface area contributed by atoms with E-state index in [9.17, 15) is 13.5 Å². The quantitative estimate of drug-likeness (QED) is 0.358. The van der Waals surface area contributed by atoms with E-state index in [4.69, 9.17) is 13.7 Å². The van der Waals surface area contributed by atoms with Gasteiger partial charge in [-0.3, -0.25) is 0 Å². The molecule has 0 saturated carbocycles. The molecule has 0 aliphatic carbocycles. The van der Waals surface area contributed by atoms with Crippen molar-refractivity contribution in [2.45, 2.75) is 31.1 Å². The summed E-state index contributed by atoms with van der Waals surface area (Å²) < 4.78 is 42.5. The van der Waals surface area contributed by atoms with E-state index in [1.54, 1.807) is 26.0 Å². The van der Waals surface area contributed by atoms with E-state index in [1.165, 1.54) is 12.1 Å². The van der Waals surface area contributed by atoms with Crippen molar-refractivity contribution < 1.29 is 27.2 Å². The predicted molar refractivity (Wildman–Crippen MR) is 113 cm³/mol. The molecule has 0 bridgehead atoms. The second-order valence-electron chi connectivity index (χ2n) is 5.75. The number of halogens is 2. The number of hydrogen-bond donors (Lipinski definition) is 1. The Morgan fingerprint density at radius 3 is 2.32 bits per heavy atom. The van der Waals surface area contributed by atoms with Crippen LogP contribution in [0, 0.1) is 0 Å². The molecule has 0 fully saturated rings. The fraction of sp³-hybridized carbons (Fsp3) is 0.368.